The van der Waals surface area contributed by atoms with Gasteiger partial charge in [-0.15, -0.1) is 0 Å². The zero-order valence-electron chi connectivity index (χ0n) is 13.9. The van der Waals surface area contributed by atoms with E-state index < -0.39 is 5.97 Å². The van der Waals surface area contributed by atoms with Crippen LogP contribution in [0.4, 0.5) is 11.8 Å². The highest BCUT2D eigenvalue weighted by Crippen LogP contribution is 2.23. The van der Waals surface area contributed by atoms with Crippen LogP contribution in [-0.4, -0.2) is 33.1 Å². The molecule has 0 bridgehead atoms. The molecule has 1 atom stereocenters. The number of fused-ring (bicyclic) bond motifs is 1. The Kier molecular flexibility index (Phi) is 4.64. The summed E-state index contributed by atoms with van der Waals surface area (Å²) in [6, 6.07) is 8.81. The molecule has 0 spiro atoms. The van der Waals surface area contributed by atoms with Crippen LogP contribution in [0.5, 0.6) is 0 Å². The highest BCUT2D eigenvalue weighted by molar-refractivity contribution is 5.93. The van der Waals surface area contributed by atoms with Crippen molar-refractivity contribution in [2.75, 3.05) is 10.6 Å². The van der Waals surface area contributed by atoms with Crippen LogP contribution in [0.2, 0.25) is 0 Å². The average Bonchev–Trinajstić information content (AvgIpc) is 2.54. The van der Waals surface area contributed by atoms with Crippen molar-refractivity contribution in [1.29, 1.82) is 0 Å². The Balaban J connectivity index is 1.77. The highest BCUT2D eigenvalue weighted by atomic mass is 16.4. The number of aromatic carboxylic acids is 1. The molecule has 1 aliphatic rings. The zero-order chi connectivity index (χ0) is 17.1. The van der Waals surface area contributed by atoms with Crippen LogP contribution >= 0.6 is 0 Å². The first-order chi connectivity index (χ1) is 11.5. The van der Waals surface area contributed by atoms with Crippen molar-refractivity contribution in [3.05, 3.63) is 47.2 Å². The van der Waals surface area contributed by atoms with Gasteiger partial charge in [0.15, 0.2) is 0 Å². The lowest BCUT2D eigenvalue weighted by molar-refractivity contribution is 0.0697. The number of nitrogens with zero attached hydrogens (tertiary/aromatic N) is 2. The Morgan fingerprint density at radius 2 is 2.04 bits per heavy atom. The van der Waals surface area contributed by atoms with Crippen LogP contribution in [0.3, 0.4) is 0 Å². The fourth-order valence-electron chi connectivity index (χ4n) is 2.99. The monoisotopic (exact) mass is 326 g/mol. The lowest BCUT2D eigenvalue weighted by atomic mass is 9.88. The van der Waals surface area contributed by atoms with E-state index >= 15 is 0 Å². The molecular formula is C18H22N4O2. The second-order valence-electron chi connectivity index (χ2n) is 6.41. The molecule has 0 amide bonds. The molecule has 1 aromatic carbocycles. The highest BCUT2D eigenvalue weighted by Gasteiger charge is 2.20. The molecule has 1 heterocycles. The van der Waals surface area contributed by atoms with E-state index in [1.165, 1.54) is 17.3 Å². The normalized spacial score (nSPS) is 16.5. The zero-order valence-corrected chi connectivity index (χ0v) is 13.9. The maximum atomic E-state index is 11.3. The predicted molar refractivity (Wildman–Crippen MR) is 93.6 cm³/mol. The fraction of sp³-hybridized carbons (Fsp3) is 0.389. The first-order valence-corrected chi connectivity index (χ1v) is 8.23. The van der Waals surface area contributed by atoms with Crippen LogP contribution in [0, 0.1) is 0 Å². The number of carboxylic acids is 1. The predicted octanol–water partition coefficient (Wildman–Crippen LogP) is 2.96. The van der Waals surface area contributed by atoms with Gasteiger partial charge in [0.05, 0.1) is 0 Å². The summed E-state index contributed by atoms with van der Waals surface area (Å²) in [4.78, 5) is 19.8. The summed E-state index contributed by atoms with van der Waals surface area (Å²) in [6.07, 6.45) is 4.32. The SMILES string of the molecule is CC(C)Nc1nc(N[C@H]2CCc3ccccc3C2)ncc1C(=O)O. The van der Waals surface area contributed by atoms with Crippen molar-refractivity contribution in [2.45, 2.75) is 45.2 Å². The summed E-state index contributed by atoms with van der Waals surface area (Å²) >= 11 is 0. The Hall–Kier alpha value is -2.63. The van der Waals surface area contributed by atoms with Gasteiger partial charge in [-0.05, 0) is 44.2 Å². The number of hydrogen-bond donors (Lipinski definition) is 3. The van der Waals surface area contributed by atoms with Crippen molar-refractivity contribution in [2.24, 2.45) is 0 Å². The fourth-order valence-corrected chi connectivity index (χ4v) is 2.99. The largest absolute Gasteiger partial charge is 0.477 e. The number of rotatable bonds is 5. The summed E-state index contributed by atoms with van der Waals surface area (Å²) in [5.41, 5.74) is 2.84. The molecule has 0 saturated carbocycles. The number of carbonyl (C=O) groups is 1. The van der Waals surface area contributed by atoms with E-state index in [9.17, 15) is 9.90 Å². The second kappa shape index (κ2) is 6.86. The van der Waals surface area contributed by atoms with Gasteiger partial charge in [-0.2, -0.15) is 4.98 Å². The van der Waals surface area contributed by atoms with Crippen molar-refractivity contribution in [3.63, 3.8) is 0 Å². The first kappa shape index (κ1) is 16.2. The van der Waals surface area contributed by atoms with Gasteiger partial charge >= 0.3 is 5.97 Å². The minimum atomic E-state index is -1.03. The van der Waals surface area contributed by atoms with Crippen LogP contribution in [0.15, 0.2) is 30.5 Å². The van der Waals surface area contributed by atoms with Crippen molar-refractivity contribution >= 4 is 17.7 Å². The van der Waals surface area contributed by atoms with E-state index in [1.807, 2.05) is 13.8 Å². The minimum Gasteiger partial charge on any atom is -0.477 e. The van der Waals surface area contributed by atoms with Crippen molar-refractivity contribution in [1.82, 2.24) is 9.97 Å². The van der Waals surface area contributed by atoms with Crippen LogP contribution < -0.4 is 10.6 Å². The van der Waals surface area contributed by atoms with Crippen LogP contribution in [-0.2, 0) is 12.8 Å². The number of anilines is 2. The maximum Gasteiger partial charge on any atom is 0.341 e. The molecule has 0 unspecified atom stereocenters. The summed E-state index contributed by atoms with van der Waals surface area (Å²) in [5, 5.41) is 15.7. The standard InChI is InChI=1S/C18H22N4O2/c1-11(2)20-16-15(17(23)24)10-19-18(22-16)21-14-8-7-12-5-3-4-6-13(12)9-14/h3-6,10-11,14H,7-9H2,1-2H3,(H,23,24)(H2,19,20,21,22)/t14-/m0/s1. The molecule has 6 nitrogen and oxygen atoms in total. The average molecular weight is 326 g/mol. The molecule has 0 radical (unpaired) electrons. The van der Waals surface area contributed by atoms with Gasteiger partial charge < -0.3 is 15.7 Å². The molecule has 0 fully saturated rings. The molecule has 0 aliphatic heterocycles. The van der Waals surface area contributed by atoms with E-state index in [-0.39, 0.29) is 17.6 Å². The summed E-state index contributed by atoms with van der Waals surface area (Å²) < 4.78 is 0. The van der Waals surface area contributed by atoms with Crippen LogP contribution in [0.25, 0.3) is 0 Å². The third kappa shape index (κ3) is 3.64. The number of nitrogens with one attached hydrogen (secondary N) is 2. The molecular weight excluding hydrogens is 304 g/mol. The molecule has 1 aliphatic carbocycles. The van der Waals surface area contributed by atoms with Gasteiger partial charge in [-0.1, -0.05) is 24.3 Å². The lowest BCUT2D eigenvalue weighted by Gasteiger charge is -2.25. The van der Waals surface area contributed by atoms with E-state index in [2.05, 4.69) is 44.9 Å². The lowest BCUT2D eigenvalue weighted by Crippen LogP contribution is -2.28. The quantitative estimate of drug-likeness (QED) is 0.783. The molecule has 126 valence electrons. The van der Waals surface area contributed by atoms with E-state index in [0.717, 1.165) is 19.3 Å². The van der Waals surface area contributed by atoms with Gasteiger partial charge in [0.2, 0.25) is 5.95 Å². The van der Waals surface area contributed by atoms with E-state index in [0.29, 0.717) is 11.8 Å². The Morgan fingerprint density at radius 3 is 2.75 bits per heavy atom. The third-order valence-electron chi connectivity index (χ3n) is 4.12. The van der Waals surface area contributed by atoms with E-state index in [4.69, 9.17) is 0 Å². The molecule has 3 rings (SSSR count). The number of aromatic nitrogens is 2. The number of benzene rings is 1. The summed E-state index contributed by atoms with van der Waals surface area (Å²) in [6.45, 7) is 3.89. The van der Waals surface area contributed by atoms with Gasteiger partial charge in [-0.25, -0.2) is 9.78 Å². The number of carboxylic acid groups (broad SMARTS) is 1. The minimum absolute atomic E-state index is 0.0863. The number of hydrogen-bond acceptors (Lipinski definition) is 5. The molecule has 2 aromatic rings. The van der Waals surface area contributed by atoms with Gasteiger partial charge in [0, 0.05) is 18.3 Å². The molecule has 1 aromatic heterocycles. The molecule has 6 heteroatoms. The van der Waals surface area contributed by atoms with Crippen molar-refractivity contribution < 1.29 is 9.90 Å². The topological polar surface area (TPSA) is 87.1 Å². The molecule has 24 heavy (non-hydrogen) atoms. The molecule has 3 N–H and O–H groups in total. The first-order valence-electron chi connectivity index (χ1n) is 8.23. The van der Waals surface area contributed by atoms with E-state index in [1.54, 1.807) is 0 Å². The maximum absolute atomic E-state index is 11.3. The number of aryl methyl sites for hydroxylation is 1. The summed E-state index contributed by atoms with van der Waals surface area (Å²) in [5.74, 6) is -0.213. The summed E-state index contributed by atoms with van der Waals surface area (Å²) in [7, 11) is 0. The Labute approximate surface area is 141 Å². The smallest absolute Gasteiger partial charge is 0.341 e. The third-order valence-corrected chi connectivity index (χ3v) is 4.12. The second-order valence-corrected chi connectivity index (χ2v) is 6.41. The van der Waals surface area contributed by atoms with Crippen molar-refractivity contribution in [3.8, 4) is 0 Å². The van der Waals surface area contributed by atoms with Crippen LogP contribution in [0.1, 0.15) is 41.8 Å². The molecule has 0 saturated heterocycles. The van der Waals surface area contributed by atoms with Gasteiger partial charge in [-0.3, -0.25) is 0 Å². The Morgan fingerprint density at radius 1 is 1.29 bits per heavy atom. The Bertz CT molecular complexity index is 746. The van der Waals surface area contributed by atoms with Gasteiger partial charge in [0.1, 0.15) is 11.4 Å². The van der Waals surface area contributed by atoms with Gasteiger partial charge in [0.25, 0.3) is 0 Å².